The molecule has 0 aliphatic rings. The van der Waals surface area contributed by atoms with Crippen molar-refractivity contribution in [1.29, 1.82) is 0 Å². The number of rotatable bonds is 5. The molecule has 0 atom stereocenters. The van der Waals surface area contributed by atoms with Crippen LogP contribution in [0.25, 0.3) is 11.2 Å². The van der Waals surface area contributed by atoms with E-state index in [2.05, 4.69) is 21.6 Å². The Hall–Kier alpha value is -1.40. The van der Waals surface area contributed by atoms with E-state index in [0.29, 0.717) is 5.88 Å². The van der Waals surface area contributed by atoms with Gasteiger partial charge in [-0.1, -0.05) is 13.3 Å². The predicted octanol–water partition coefficient (Wildman–Crippen LogP) is 3.27. The van der Waals surface area contributed by atoms with Crippen LogP contribution in [-0.2, 0) is 25.9 Å². The number of thiazole rings is 1. The van der Waals surface area contributed by atoms with Crippen LogP contribution in [0.1, 0.15) is 35.4 Å². The van der Waals surface area contributed by atoms with Gasteiger partial charge in [0.25, 0.3) is 0 Å². The summed E-state index contributed by atoms with van der Waals surface area (Å²) in [7, 11) is 1.97. The Balaban J connectivity index is 2.14. The monoisotopic (exact) mass is 323 g/mol. The Kier molecular flexibility index (Phi) is 3.99. The van der Waals surface area contributed by atoms with E-state index < -0.39 is 0 Å². The SMILES string of the molecule is CCCc1nn(C)c2c1nc(CCl)n2Cc1scnc1C. The Morgan fingerprint density at radius 3 is 2.81 bits per heavy atom. The summed E-state index contributed by atoms with van der Waals surface area (Å²) in [6.07, 6.45) is 2.00. The third-order valence-corrected chi connectivity index (χ3v) is 4.78. The zero-order valence-corrected chi connectivity index (χ0v) is 14.0. The van der Waals surface area contributed by atoms with Crippen LogP contribution in [0.3, 0.4) is 0 Å². The van der Waals surface area contributed by atoms with Crippen molar-refractivity contribution in [3.63, 3.8) is 0 Å². The molecule has 3 aromatic heterocycles. The Morgan fingerprint density at radius 2 is 2.19 bits per heavy atom. The fraction of sp³-hybridized carbons (Fsp3) is 0.500. The summed E-state index contributed by atoms with van der Waals surface area (Å²) in [6.45, 7) is 4.94. The van der Waals surface area contributed by atoms with E-state index in [1.54, 1.807) is 11.3 Å². The smallest absolute Gasteiger partial charge is 0.159 e. The lowest BCUT2D eigenvalue weighted by Crippen LogP contribution is -2.07. The van der Waals surface area contributed by atoms with Gasteiger partial charge in [0, 0.05) is 11.9 Å². The average Bonchev–Trinajstić information content (AvgIpc) is 3.10. The third-order valence-electron chi connectivity index (χ3n) is 3.62. The number of aryl methyl sites for hydroxylation is 3. The van der Waals surface area contributed by atoms with Crippen molar-refractivity contribution in [2.24, 2.45) is 7.05 Å². The van der Waals surface area contributed by atoms with E-state index in [4.69, 9.17) is 16.6 Å². The molecule has 0 unspecified atom stereocenters. The first-order chi connectivity index (χ1) is 10.2. The van der Waals surface area contributed by atoms with Crippen molar-refractivity contribution >= 4 is 34.1 Å². The first kappa shape index (κ1) is 14.5. The maximum absolute atomic E-state index is 6.10. The van der Waals surface area contributed by atoms with Gasteiger partial charge < -0.3 is 4.57 Å². The molecule has 0 fully saturated rings. The number of imidazole rings is 1. The minimum absolute atomic E-state index is 0.401. The molecule has 0 bridgehead atoms. The van der Waals surface area contributed by atoms with Crippen LogP contribution in [0, 0.1) is 6.92 Å². The van der Waals surface area contributed by atoms with Crippen LogP contribution in [0.15, 0.2) is 5.51 Å². The van der Waals surface area contributed by atoms with Crippen LogP contribution >= 0.6 is 22.9 Å². The molecule has 7 heteroatoms. The molecule has 0 amide bonds. The molecule has 5 nitrogen and oxygen atoms in total. The number of aromatic nitrogens is 5. The Bertz CT molecular complexity index is 770. The van der Waals surface area contributed by atoms with Crippen molar-refractivity contribution in [2.45, 2.75) is 39.1 Å². The summed E-state index contributed by atoms with van der Waals surface area (Å²) in [4.78, 5) is 10.3. The van der Waals surface area contributed by atoms with Gasteiger partial charge in [0.15, 0.2) is 5.65 Å². The first-order valence-corrected chi connectivity index (χ1v) is 8.43. The van der Waals surface area contributed by atoms with Crippen molar-refractivity contribution in [2.75, 3.05) is 0 Å². The highest BCUT2D eigenvalue weighted by molar-refractivity contribution is 7.09. The second kappa shape index (κ2) is 5.77. The summed E-state index contributed by atoms with van der Waals surface area (Å²) >= 11 is 7.76. The first-order valence-electron chi connectivity index (χ1n) is 7.01. The van der Waals surface area contributed by atoms with Gasteiger partial charge in [-0.3, -0.25) is 4.68 Å². The van der Waals surface area contributed by atoms with Crippen LogP contribution in [-0.4, -0.2) is 24.3 Å². The minimum Gasteiger partial charge on any atom is -0.306 e. The maximum Gasteiger partial charge on any atom is 0.159 e. The second-order valence-corrected chi connectivity index (χ2v) is 6.31. The van der Waals surface area contributed by atoms with Crippen molar-refractivity contribution in [1.82, 2.24) is 24.3 Å². The van der Waals surface area contributed by atoms with Crippen molar-refractivity contribution in [3.8, 4) is 0 Å². The molecule has 0 aliphatic carbocycles. The molecule has 0 spiro atoms. The lowest BCUT2D eigenvalue weighted by Gasteiger charge is -2.07. The number of hydrogen-bond acceptors (Lipinski definition) is 4. The van der Waals surface area contributed by atoms with Gasteiger partial charge in [0.05, 0.1) is 29.3 Å². The summed E-state index contributed by atoms with van der Waals surface area (Å²) in [5.74, 6) is 1.29. The van der Waals surface area contributed by atoms with E-state index in [1.807, 2.05) is 24.2 Å². The maximum atomic E-state index is 6.10. The number of hydrogen-bond donors (Lipinski definition) is 0. The fourth-order valence-corrected chi connectivity index (χ4v) is 3.55. The molecular weight excluding hydrogens is 306 g/mol. The summed E-state index contributed by atoms with van der Waals surface area (Å²) in [5, 5.41) is 4.61. The van der Waals surface area contributed by atoms with E-state index in [-0.39, 0.29) is 0 Å². The molecule has 3 aromatic rings. The van der Waals surface area contributed by atoms with Gasteiger partial charge >= 0.3 is 0 Å². The highest BCUT2D eigenvalue weighted by atomic mass is 35.5. The highest BCUT2D eigenvalue weighted by Crippen LogP contribution is 2.24. The number of fused-ring (bicyclic) bond motifs is 1. The lowest BCUT2D eigenvalue weighted by molar-refractivity contribution is 0.694. The summed E-state index contributed by atoms with van der Waals surface area (Å²) in [5.41, 5.74) is 6.03. The van der Waals surface area contributed by atoms with Gasteiger partial charge in [0.1, 0.15) is 11.3 Å². The van der Waals surface area contributed by atoms with Crippen molar-refractivity contribution in [3.05, 3.63) is 27.6 Å². The Morgan fingerprint density at radius 1 is 1.38 bits per heavy atom. The summed E-state index contributed by atoms with van der Waals surface area (Å²) in [6, 6.07) is 0. The third kappa shape index (κ3) is 2.46. The fourth-order valence-electron chi connectivity index (χ4n) is 2.58. The topological polar surface area (TPSA) is 48.5 Å². The van der Waals surface area contributed by atoms with Gasteiger partial charge in [-0.05, 0) is 13.3 Å². The molecule has 112 valence electrons. The zero-order chi connectivity index (χ0) is 15.0. The Labute approximate surface area is 132 Å². The van der Waals surface area contributed by atoms with Gasteiger partial charge in [-0.2, -0.15) is 5.10 Å². The predicted molar refractivity (Wildman–Crippen MR) is 86.0 cm³/mol. The molecule has 0 N–H and O–H groups in total. The number of halogens is 1. The van der Waals surface area contributed by atoms with Crippen LogP contribution in [0.5, 0.6) is 0 Å². The lowest BCUT2D eigenvalue weighted by atomic mass is 10.2. The van der Waals surface area contributed by atoms with E-state index in [1.165, 1.54) is 4.88 Å². The minimum atomic E-state index is 0.401. The van der Waals surface area contributed by atoms with Gasteiger partial charge in [-0.15, -0.1) is 22.9 Å². The molecule has 0 radical (unpaired) electrons. The van der Waals surface area contributed by atoms with Crippen molar-refractivity contribution < 1.29 is 0 Å². The van der Waals surface area contributed by atoms with Gasteiger partial charge in [-0.25, -0.2) is 9.97 Å². The summed E-state index contributed by atoms with van der Waals surface area (Å²) < 4.78 is 4.08. The number of nitrogens with zero attached hydrogens (tertiary/aromatic N) is 5. The van der Waals surface area contributed by atoms with E-state index in [0.717, 1.165) is 47.8 Å². The van der Waals surface area contributed by atoms with Gasteiger partial charge in [0.2, 0.25) is 0 Å². The zero-order valence-electron chi connectivity index (χ0n) is 12.4. The molecule has 3 rings (SSSR count). The second-order valence-electron chi connectivity index (χ2n) is 5.10. The van der Waals surface area contributed by atoms with Crippen LogP contribution in [0.4, 0.5) is 0 Å². The normalized spacial score (nSPS) is 11.6. The quantitative estimate of drug-likeness (QED) is 0.677. The molecule has 0 saturated carbocycles. The molecule has 0 aromatic carbocycles. The molecular formula is C14H18ClN5S. The molecule has 21 heavy (non-hydrogen) atoms. The molecule has 0 aliphatic heterocycles. The highest BCUT2D eigenvalue weighted by Gasteiger charge is 2.19. The van der Waals surface area contributed by atoms with E-state index >= 15 is 0 Å². The number of alkyl halides is 1. The molecule has 3 heterocycles. The molecule has 0 saturated heterocycles. The van der Waals surface area contributed by atoms with Crippen LogP contribution < -0.4 is 0 Å². The standard InChI is InChI=1S/C14H18ClN5S/c1-4-5-10-13-14(19(3)18-10)20(12(6-15)17-13)7-11-9(2)16-8-21-11/h8H,4-7H2,1-3H3. The van der Waals surface area contributed by atoms with Crippen LogP contribution in [0.2, 0.25) is 0 Å². The average molecular weight is 324 g/mol. The van der Waals surface area contributed by atoms with E-state index in [9.17, 15) is 0 Å². The largest absolute Gasteiger partial charge is 0.306 e.